The van der Waals surface area contributed by atoms with Crippen LogP contribution in [-0.2, 0) is 0 Å². The van der Waals surface area contributed by atoms with Crippen LogP contribution >= 0.6 is 34.8 Å². The van der Waals surface area contributed by atoms with Gasteiger partial charge in [0.05, 0.1) is 15.1 Å². The fourth-order valence-corrected chi connectivity index (χ4v) is 2.92. The summed E-state index contributed by atoms with van der Waals surface area (Å²) < 4.78 is 0. The second-order valence-corrected chi connectivity index (χ2v) is 6.82. The molecule has 0 saturated carbocycles. The van der Waals surface area contributed by atoms with Crippen LogP contribution in [0, 0.1) is 0 Å². The second kappa shape index (κ2) is 9.02. The molecule has 3 rings (SSSR count). The molecule has 3 aromatic rings. The predicted molar refractivity (Wildman–Crippen MR) is 113 cm³/mol. The average molecular weight is 432 g/mol. The molecule has 0 bridgehead atoms. The summed E-state index contributed by atoms with van der Waals surface area (Å²) in [4.78, 5) is 12.9. The van der Waals surface area contributed by atoms with Gasteiger partial charge in [-0.15, -0.1) is 10.2 Å². The molecule has 0 atom stereocenters. The number of nitrogens with zero attached hydrogens (tertiary/aromatic N) is 2. The Morgan fingerprint density at radius 1 is 0.750 bits per heavy atom. The van der Waals surface area contributed by atoms with Crippen molar-refractivity contribution in [2.45, 2.75) is 0 Å². The highest BCUT2D eigenvalue weighted by Crippen LogP contribution is 2.37. The summed E-state index contributed by atoms with van der Waals surface area (Å²) in [5.41, 5.74) is 0.787. The Morgan fingerprint density at radius 2 is 1.32 bits per heavy atom. The fraction of sp³-hybridized carbons (Fsp3) is 0. The maximum atomic E-state index is 12.9. The Labute approximate surface area is 176 Å². The number of benzene rings is 3. The third kappa shape index (κ3) is 4.42. The molecule has 4 nitrogen and oxygen atoms in total. The molecule has 0 heterocycles. The van der Waals surface area contributed by atoms with E-state index in [1.54, 1.807) is 60.7 Å². The lowest BCUT2D eigenvalue weighted by molar-refractivity contribution is 0.103. The van der Waals surface area contributed by atoms with E-state index in [1.807, 2.05) is 0 Å². The molecule has 0 spiro atoms. The van der Waals surface area contributed by atoms with Crippen LogP contribution in [0.2, 0.25) is 15.1 Å². The molecule has 1 N–H and O–H groups in total. The first kappa shape index (κ1) is 20.1. The quantitative estimate of drug-likeness (QED) is 0.149. The number of rotatable bonds is 5. The molecule has 0 unspecified atom stereocenters. The van der Waals surface area contributed by atoms with E-state index in [0.717, 1.165) is 0 Å². The van der Waals surface area contributed by atoms with Crippen molar-refractivity contribution < 1.29 is 9.90 Å². The molecule has 0 fully saturated rings. The smallest absolute Gasteiger partial charge is 0.217 e. The molecule has 0 aliphatic heterocycles. The number of carbonyl (C=O) groups is 1. The van der Waals surface area contributed by atoms with Gasteiger partial charge in [-0.25, -0.2) is 0 Å². The third-order valence-electron chi connectivity index (χ3n) is 3.80. The molecule has 0 aliphatic rings. The summed E-state index contributed by atoms with van der Waals surface area (Å²) in [6.07, 6.45) is 0. The van der Waals surface area contributed by atoms with Crippen LogP contribution in [-0.4, -0.2) is 10.9 Å². The van der Waals surface area contributed by atoms with Crippen LogP contribution in [0.25, 0.3) is 5.76 Å². The molecule has 0 saturated heterocycles. The fourth-order valence-electron chi connectivity index (χ4n) is 2.36. The van der Waals surface area contributed by atoms with Gasteiger partial charge in [0.15, 0.2) is 11.5 Å². The van der Waals surface area contributed by atoms with Crippen LogP contribution in [0.4, 0.5) is 5.69 Å². The molecule has 140 valence electrons. The largest absolute Gasteiger partial charge is 0.505 e. The van der Waals surface area contributed by atoms with Crippen LogP contribution in [0.15, 0.2) is 88.7 Å². The maximum absolute atomic E-state index is 12.9. The van der Waals surface area contributed by atoms with Crippen molar-refractivity contribution in [2.24, 2.45) is 10.2 Å². The first-order chi connectivity index (χ1) is 13.5. The summed E-state index contributed by atoms with van der Waals surface area (Å²) in [5, 5.41) is 19.2. The van der Waals surface area contributed by atoms with E-state index in [9.17, 15) is 9.90 Å². The maximum Gasteiger partial charge on any atom is 0.217 e. The Hall–Kier alpha value is -2.66. The van der Waals surface area contributed by atoms with Gasteiger partial charge in [-0.05, 0) is 12.1 Å². The number of ketones is 1. The zero-order valence-corrected chi connectivity index (χ0v) is 16.6. The first-order valence-electron chi connectivity index (χ1n) is 8.12. The van der Waals surface area contributed by atoms with Crippen molar-refractivity contribution in [1.29, 1.82) is 0 Å². The minimum absolute atomic E-state index is 0.101. The van der Waals surface area contributed by atoms with Gasteiger partial charge < -0.3 is 5.11 Å². The van der Waals surface area contributed by atoms with Gasteiger partial charge in [0.1, 0.15) is 5.69 Å². The van der Waals surface area contributed by atoms with Crippen LogP contribution in [0.3, 0.4) is 0 Å². The molecule has 28 heavy (non-hydrogen) atoms. The zero-order valence-electron chi connectivity index (χ0n) is 14.3. The van der Waals surface area contributed by atoms with Gasteiger partial charge in [0.25, 0.3) is 0 Å². The Kier molecular flexibility index (Phi) is 6.47. The van der Waals surface area contributed by atoms with Gasteiger partial charge >= 0.3 is 0 Å². The van der Waals surface area contributed by atoms with Gasteiger partial charge in [0.2, 0.25) is 5.78 Å². The van der Waals surface area contributed by atoms with Crippen molar-refractivity contribution in [3.63, 3.8) is 0 Å². The summed E-state index contributed by atoms with van der Waals surface area (Å²) in [6.45, 7) is 0. The topological polar surface area (TPSA) is 62.0 Å². The van der Waals surface area contributed by atoms with Crippen molar-refractivity contribution in [3.05, 3.63) is 105 Å². The number of hydrogen-bond donors (Lipinski definition) is 1. The molecule has 3 aromatic carbocycles. The van der Waals surface area contributed by atoms with E-state index in [4.69, 9.17) is 34.8 Å². The average Bonchev–Trinajstić information content (AvgIpc) is 2.74. The highest BCUT2D eigenvalue weighted by Gasteiger charge is 2.19. The number of halogens is 3. The summed E-state index contributed by atoms with van der Waals surface area (Å²) in [5.74, 6) is -0.781. The number of azo groups is 1. The molecular weight excluding hydrogens is 419 g/mol. The Balaban J connectivity index is 2.10. The summed E-state index contributed by atoms with van der Waals surface area (Å²) in [7, 11) is 0. The second-order valence-electron chi connectivity index (χ2n) is 5.65. The van der Waals surface area contributed by atoms with Gasteiger partial charge in [0, 0.05) is 11.1 Å². The van der Waals surface area contributed by atoms with Gasteiger partial charge in [-0.1, -0.05) is 95.5 Å². The number of carbonyl (C=O) groups excluding carboxylic acids is 1. The molecule has 0 aromatic heterocycles. The van der Waals surface area contributed by atoms with Crippen LogP contribution in [0.5, 0.6) is 0 Å². The highest BCUT2D eigenvalue weighted by atomic mass is 35.5. The molecule has 0 radical (unpaired) electrons. The van der Waals surface area contributed by atoms with E-state index in [1.165, 1.54) is 12.1 Å². The number of Topliss-reactive ketones (excluding diaryl/α,β-unsaturated/α-hetero) is 1. The number of hydrogen-bond acceptors (Lipinski definition) is 4. The minimum Gasteiger partial charge on any atom is -0.505 e. The van der Waals surface area contributed by atoms with E-state index in [0.29, 0.717) is 11.1 Å². The standard InChI is InChI=1S/C21H13Cl3N2O2/c22-15-11-12-16(18(24)17(15)23)25-26-19(20(27)13-7-3-1-4-8-13)21(28)14-9-5-2-6-10-14/h1-12,27H/b20-19-,26-25?. The molecule has 0 amide bonds. The van der Waals surface area contributed by atoms with Crippen molar-refractivity contribution in [3.8, 4) is 0 Å². The van der Waals surface area contributed by atoms with Crippen molar-refractivity contribution in [1.82, 2.24) is 0 Å². The Bertz CT molecular complexity index is 1070. The lowest BCUT2D eigenvalue weighted by Crippen LogP contribution is -2.04. The van der Waals surface area contributed by atoms with Crippen molar-refractivity contribution in [2.75, 3.05) is 0 Å². The normalized spacial score (nSPS) is 12.1. The van der Waals surface area contributed by atoms with E-state index in [2.05, 4.69) is 10.2 Å². The monoisotopic (exact) mass is 430 g/mol. The third-order valence-corrected chi connectivity index (χ3v) is 5.08. The molecular formula is C21H13Cl3N2O2. The van der Waals surface area contributed by atoms with Crippen LogP contribution in [0.1, 0.15) is 15.9 Å². The van der Waals surface area contributed by atoms with Gasteiger partial charge in [-0.3, -0.25) is 4.79 Å². The van der Waals surface area contributed by atoms with Crippen molar-refractivity contribution >= 4 is 52.0 Å². The zero-order chi connectivity index (χ0) is 20.1. The summed E-state index contributed by atoms with van der Waals surface area (Å²) >= 11 is 18.1. The Morgan fingerprint density at radius 3 is 1.93 bits per heavy atom. The minimum atomic E-state index is -0.484. The number of aliphatic hydroxyl groups excluding tert-OH is 1. The van der Waals surface area contributed by atoms with E-state index >= 15 is 0 Å². The predicted octanol–water partition coefficient (Wildman–Crippen LogP) is 7.54. The molecule has 7 heteroatoms. The molecule has 0 aliphatic carbocycles. The lowest BCUT2D eigenvalue weighted by Gasteiger charge is -2.07. The van der Waals surface area contributed by atoms with Crippen LogP contribution < -0.4 is 0 Å². The summed E-state index contributed by atoms with van der Waals surface area (Å²) in [6, 6.07) is 20.1. The van der Waals surface area contributed by atoms with Gasteiger partial charge in [-0.2, -0.15) is 0 Å². The first-order valence-corrected chi connectivity index (χ1v) is 9.26. The SMILES string of the molecule is O=C(/C(N=Nc1ccc(Cl)c(Cl)c1Cl)=C(/O)c1ccccc1)c1ccccc1. The van der Waals surface area contributed by atoms with E-state index in [-0.39, 0.29) is 32.2 Å². The number of allylic oxidation sites excluding steroid dienone is 1. The number of aliphatic hydroxyl groups is 1. The highest BCUT2D eigenvalue weighted by molar-refractivity contribution is 6.49. The lowest BCUT2D eigenvalue weighted by atomic mass is 10.1. The van der Waals surface area contributed by atoms with E-state index < -0.39 is 5.78 Å².